The number of nitrogens with one attached hydrogen (secondary N) is 1. The van der Waals surface area contributed by atoms with Gasteiger partial charge in [-0.3, -0.25) is 0 Å². The fourth-order valence-electron chi connectivity index (χ4n) is 1.46. The largest absolute Gasteiger partial charge is 0.480 e. The van der Waals surface area contributed by atoms with E-state index in [1.54, 1.807) is 6.92 Å². The third kappa shape index (κ3) is 3.14. The van der Waals surface area contributed by atoms with Crippen LogP contribution in [0.25, 0.3) is 0 Å². The molecule has 0 radical (unpaired) electrons. The molecule has 0 fully saturated rings. The third-order valence-corrected chi connectivity index (χ3v) is 2.39. The van der Waals surface area contributed by atoms with Gasteiger partial charge in [0.15, 0.2) is 5.69 Å². The van der Waals surface area contributed by atoms with Gasteiger partial charge in [-0.05, 0) is 13.3 Å². The van der Waals surface area contributed by atoms with Crippen molar-refractivity contribution >= 4 is 11.8 Å². The van der Waals surface area contributed by atoms with Crippen LogP contribution in [-0.4, -0.2) is 26.6 Å². The van der Waals surface area contributed by atoms with Crippen LogP contribution in [0.3, 0.4) is 0 Å². The van der Waals surface area contributed by atoms with Gasteiger partial charge >= 0.3 is 5.97 Å². The highest BCUT2D eigenvalue weighted by Gasteiger charge is 2.32. The molecule has 17 heavy (non-hydrogen) atoms. The summed E-state index contributed by atoms with van der Waals surface area (Å²) in [4.78, 5) is 18.9. The van der Waals surface area contributed by atoms with E-state index in [1.165, 1.54) is 12.4 Å². The van der Waals surface area contributed by atoms with E-state index in [2.05, 4.69) is 15.3 Å². The molecule has 1 aromatic heterocycles. The minimum Gasteiger partial charge on any atom is -0.480 e. The second-order valence-electron chi connectivity index (χ2n) is 3.91. The van der Waals surface area contributed by atoms with E-state index in [-0.39, 0.29) is 5.69 Å². The van der Waals surface area contributed by atoms with Crippen LogP contribution in [0.4, 0.5) is 5.82 Å². The first kappa shape index (κ1) is 12.9. The molecule has 0 aliphatic carbocycles. The van der Waals surface area contributed by atoms with E-state index in [1.807, 2.05) is 13.0 Å². The molecular formula is C11H14N4O2. The fraction of sp³-hybridized carbons (Fsp3) is 0.455. The van der Waals surface area contributed by atoms with Crippen LogP contribution < -0.4 is 5.32 Å². The molecule has 1 rings (SSSR count). The van der Waals surface area contributed by atoms with E-state index >= 15 is 0 Å². The van der Waals surface area contributed by atoms with Crippen molar-refractivity contribution < 1.29 is 9.90 Å². The first-order valence-electron chi connectivity index (χ1n) is 5.25. The average molecular weight is 234 g/mol. The van der Waals surface area contributed by atoms with Crippen LogP contribution in [-0.2, 0) is 4.79 Å². The number of carboxylic acids is 1. The molecule has 0 bridgehead atoms. The molecule has 0 aliphatic heterocycles. The van der Waals surface area contributed by atoms with Crippen LogP contribution in [0.5, 0.6) is 0 Å². The zero-order chi connectivity index (χ0) is 12.9. The Bertz CT molecular complexity index is 438. The van der Waals surface area contributed by atoms with Crippen molar-refractivity contribution in [2.24, 2.45) is 0 Å². The van der Waals surface area contributed by atoms with Gasteiger partial charge in [0.1, 0.15) is 17.4 Å². The summed E-state index contributed by atoms with van der Waals surface area (Å²) in [5.41, 5.74) is -0.875. The maximum Gasteiger partial charge on any atom is 0.329 e. The Morgan fingerprint density at radius 2 is 2.29 bits per heavy atom. The lowest BCUT2D eigenvalue weighted by Gasteiger charge is -2.26. The predicted molar refractivity (Wildman–Crippen MR) is 61.3 cm³/mol. The minimum absolute atomic E-state index is 0.197. The summed E-state index contributed by atoms with van der Waals surface area (Å²) >= 11 is 0. The summed E-state index contributed by atoms with van der Waals surface area (Å²) in [6, 6.07) is 1.85. The normalized spacial score (nSPS) is 13.5. The molecule has 2 N–H and O–H groups in total. The second kappa shape index (κ2) is 5.25. The first-order chi connectivity index (χ1) is 8.01. The molecule has 0 saturated carbocycles. The fourth-order valence-corrected chi connectivity index (χ4v) is 1.46. The van der Waals surface area contributed by atoms with Crippen LogP contribution in [0.2, 0.25) is 0 Å². The average Bonchev–Trinajstić information content (AvgIpc) is 2.30. The van der Waals surface area contributed by atoms with Gasteiger partial charge in [0.05, 0.1) is 12.4 Å². The SMILES string of the molecule is CCCC(C)(Nc1cnc(C#N)cn1)C(=O)O. The van der Waals surface area contributed by atoms with Gasteiger partial charge < -0.3 is 10.4 Å². The Kier molecular flexibility index (Phi) is 3.99. The van der Waals surface area contributed by atoms with E-state index in [0.717, 1.165) is 6.42 Å². The van der Waals surface area contributed by atoms with Gasteiger partial charge in [-0.25, -0.2) is 14.8 Å². The van der Waals surface area contributed by atoms with Crippen LogP contribution in [0.15, 0.2) is 12.4 Å². The van der Waals surface area contributed by atoms with Gasteiger partial charge in [0, 0.05) is 0 Å². The smallest absolute Gasteiger partial charge is 0.329 e. The summed E-state index contributed by atoms with van der Waals surface area (Å²) in [7, 11) is 0. The molecule has 90 valence electrons. The molecule has 1 atom stereocenters. The highest BCUT2D eigenvalue weighted by Crippen LogP contribution is 2.18. The number of rotatable bonds is 5. The van der Waals surface area contributed by atoms with Crippen LogP contribution in [0.1, 0.15) is 32.4 Å². The summed E-state index contributed by atoms with van der Waals surface area (Å²) in [6.07, 6.45) is 3.87. The Morgan fingerprint density at radius 1 is 1.59 bits per heavy atom. The second-order valence-corrected chi connectivity index (χ2v) is 3.91. The Labute approximate surface area is 99.3 Å². The van der Waals surface area contributed by atoms with Crippen molar-refractivity contribution in [1.82, 2.24) is 9.97 Å². The molecule has 6 nitrogen and oxygen atoms in total. The monoisotopic (exact) mass is 234 g/mol. The molecule has 0 aromatic carbocycles. The molecule has 0 saturated heterocycles. The zero-order valence-corrected chi connectivity index (χ0v) is 9.77. The summed E-state index contributed by atoms with van der Waals surface area (Å²) < 4.78 is 0. The highest BCUT2D eigenvalue weighted by atomic mass is 16.4. The number of carboxylic acid groups (broad SMARTS) is 1. The van der Waals surface area contributed by atoms with Gasteiger partial charge in [-0.15, -0.1) is 0 Å². The van der Waals surface area contributed by atoms with E-state index < -0.39 is 11.5 Å². The lowest BCUT2D eigenvalue weighted by molar-refractivity contribution is -0.142. The Morgan fingerprint density at radius 3 is 2.71 bits per heavy atom. The number of aromatic nitrogens is 2. The van der Waals surface area contributed by atoms with Crippen molar-refractivity contribution in [2.75, 3.05) is 5.32 Å². The van der Waals surface area contributed by atoms with Gasteiger partial charge in [-0.1, -0.05) is 13.3 Å². The number of anilines is 1. The van der Waals surface area contributed by atoms with Gasteiger partial charge in [0.25, 0.3) is 0 Å². The van der Waals surface area contributed by atoms with E-state index in [9.17, 15) is 4.79 Å². The van der Waals surface area contributed by atoms with Crippen molar-refractivity contribution in [3.63, 3.8) is 0 Å². The Hall–Kier alpha value is -2.16. The zero-order valence-electron chi connectivity index (χ0n) is 9.77. The van der Waals surface area contributed by atoms with Crippen molar-refractivity contribution in [3.8, 4) is 6.07 Å². The first-order valence-corrected chi connectivity index (χ1v) is 5.25. The summed E-state index contributed by atoms with van der Waals surface area (Å²) in [5, 5.41) is 20.6. The van der Waals surface area contributed by atoms with Crippen molar-refractivity contribution in [1.29, 1.82) is 5.26 Å². The topological polar surface area (TPSA) is 98.9 Å². The number of hydrogen-bond donors (Lipinski definition) is 2. The number of nitriles is 1. The highest BCUT2D eigenvalue weighted by molar-refractivity contribution is 5.81. The molecule has 0 spiro atoms. The molecule has 0 aliphatic rings. The summed E-state index contributed by atoms with van der Waals surface area (Å²) in [6.45, 7) is 3.51. The number of nitrogens with zero attached hydrogens (tertiary/aromatic N) is 3. The molecule has 0 amide bonds. The van der Waals surface area contributed by atoms with Crippen LogP contribution >= 0.6 is 0 Å². The number of hydrogen-bond acceptors (Lipinski definition) is 5. The Balaban J connectivity index is 2.87. The molecule has 1 heterocycles. The van der Waals surface area contributed by atoms with Crippen molar-refractivity contribution in [3.05, 3.63) is 18.1 Å². The summed E-state index contributed by atoms with van der Waals surface area (Å²) in [5.74, 6) is -0.590. The number of aliphatic carboxylic acids is 1. The quantitative estimate of drug-likeness (QED) is 0.799. The van der Waals surface area contributed by atoms with Gasteiger partial charge in [0.2, 0.25) is 0 Å². The van der Waals surface area contributed by atoms with Crippen molar-refractivity contribution in [2.45, 2.75) is 32.2 Å². The predicted octanol–water partition coefficient (Wildman–Crippen LogP) is 1.40. The molecule has 1 unspecified atom stereocenters. The maximum absolute atomic E-state index is 11.2. The molecule has 6 heteroatoms. The standard InChI is InChI=1S/C11H14N4O2/c1-3-4-11(2,10(16)17)15-9-7-13-8(5-12)6-14-9/h6-7H,3-4H2,1-2H3,(H,14,15)(H,16,17). The van der Waals surface area contributed by atoms with Crippen LogP contribution in [0, 0.1) is 11.3 Å². The van der Waals surface area contributed by atoms with E-state index in [0.29, 0.717) is 12.2 Å². The lowest BCUT2D eigenvalue weighted by Crippen LogP contribution is -2.43. The van der Waals surface area contributed by atoms with E-state index in [4.69, 9.17) is 10.4 Å². The number of carbonyl (C=O) groups is 1. The van der Waals surface area contributed by atoms with Gasteiger partial charge in [-0.2, -0.15) is 5.26 Å². The molecular weight excluding hydrogens is 220 g/mol. The minimum atomic E-state index is -1.07. The third-order valence-electron chi connectivity index (χ3n) is 2.39. The maximum atomic E-state index is 11.2. The molecule has 1 aromatic rings. The lowest BCUT2D eigenvalue weighted by atomic mass is 9.96.